The Hall–Kier alpha value is -2.72. The molecule has 0 bridgehead atoms. The molecule has 0 unspecified atom stereocenters. The third-order valence-corrected chi connectivity index (χ3v) is 5.88. The minimum Gasteiger partial charge on any atom is -0.480 e. The summed E-state index contributed by atoms with van der Waals surface area (Å²) in [6.07, 6.45) is -0.594. The van der Waals surface area contributed by atoms with Crippen molar-refractivity contribution in [3.63, 3.8) is 0 Å². The Morgan fingerprint density at radius 3 is 1.80 bits per heavy atom. The smallest absolute Gasteiger partial charge is 0.408 e. The van der Waals surface area contributed by atoms with Gasteiger partial charge in [0.25, 0.3) is 0 Å². The Bertz CT molecular complexity index is 935. The highest BCUT2D eigenvalue weighted by atomic mass is 79.9. The van der Waals surface area contributed by atoms with E-state index in [0.29, 0.717) is 10.7 Å². The van der Waals surface area contributed by atoms with Crippen LogP contribution in [-0.4, -0.2) is 51.6 Å². The number of carboxylic acids is 1. The molecule has 2 aromatic carbocycles. The van der Waals surface area contributed by atoms with Crippen LogP contribution in [-0.2, 0) is 32.1 Å². The Kier molecular flexibility index (Phi) is 14.6. The molecule has 190 valence electrons. The molecule has 0 radical (unpaired) electrons. The van der Waals surface area contributed by atoms with Crippen LogP contribution in [0.15, 0.2) is 60.7 Å². The van der Waals surface area contributed by atoms with Crippen LogP contribution in [0.5, 0.6) is 0 Å². The zero-order valence-electron chi connectivity index (χ0n) is 19.6. The lowest BCUT2D eigenvalue weighted by Gasteiger charge is -2.24. The van der Waals surface area contributed by atoms with Crippen molar-refractivity contribution >= 4 is 55.6 Å². The molecule has 0 aromatic heterocycles. The standard InChI is InChI=1S/C22H26N2O5.C3H4Br2O/c1-15(2)19(24-22(28)29-14-17-11-7-4-8-12-17)20(25)23-18(21(26)27)13-16-9-5-3-6-10-16;4-1-3(6)2-5/h3-12,15,18-19H,13-14H2,1-2H3,(H,23,25)(H,24,28)(H,26,27);1-2H2/t18-,19-;/m0./s1. The van der Waals surface area contributed by atoms with Gasteiger partial charge in [0.15, 0.2) is 5.78 Å². The van der Waals surface area contributed by atoms with Crippen LogP contribution in [0.25, 0.3) is 0 Å². The lowest BCUT2D eigenvalue weighted by molar-refractivity contribution is -0.142. The summed E-state index contributed by atoms with van der Waals surface area (Å²) in [6, 6.07) is 16.2. The maximum absolute atomic E-state index is 12.7. The maximum Gasteiger partial charge on any atom is 0.408 e. The van der Waals surface area contributed by atoms with Gasteiger partial charge in [-0.1, -0.05) is 106 Å². The van der Waals surface area contributed by atoms with E-state index in [-0.39, 0.29) is 24.7 Å². The van der Waals surface area contributed by atoms with Gasteiger partial charge in [-0.2, -0.15) is 0 Å². The molecule has 0 saturated heterocycles. The minimum absolute atomic E-state index is 0.0743. The van der Waals surface area contributed by atoms with Crippen LogP contribution in [0.4, 0.5) is 4.79 Å². The zero-order valence-corrected chi connectivity index (χ0v) is 22.8. The van der Waals surface area contributed by atoms with E-state index in [2.05, 4.69) is 42.5 Å². The number of alkyl carbamates (subject to hydrolysis) is 1. The second-order valence-electron chi connectivity index (χ2n) is 7.82. The van der Waals surface area contributed by atoms with E-state index >= 15 is 0 Å². The molecule has 0 spiro atoms. The largest absolute Gasteiger partial charge is 0.480 e. The van der Waals surface area contributed by atoms with E-state index in [1.807, 2.05) is 36.4 Å². The lowest BCUT2D eigenvalue weighted by Crippen LogP contribution is -2.54. The van der Waals surface area contributed by atoms with Crippen LogP contribution in [0, 0.1) is 5.92 Å². The van der Waals surface area contributed by atoms with Gasteiger partial charge in [-0.05, 0) is 17.0 Å². The SMILES string of the molecule is CC(C)[C@H](NC(=O)OCc1ccccc1)C(=O)N[C@@H](Cc1ccccc1)C(=O)O.O=C(CBr)CBr. The van der Waals surface area contributed by atoms with Crippen molar-refractivity contribution in [2.24, 2.45) is 5.92 Å². The van der Waals surface area contributed by atoms with Crippen molar-refractivity contribution in [1.29, 1.82) is 0 Å². The van der Waals surface area contributed by atoms with Gasteiger partial charge in [-0.3, -0.25) is 9.59 Å². The molecule has 2 aromatic rings. The quantitative estimate of drug-likeness (QED) is 0.328. The van der Waals surface area contributed by atoms with E-state index in [9.17, 15) is 24.3 Å². The molecule has 10 heteroatoms. The predicted octanol–water partition coefficient (Wildman–Crippen LogP) is 4.09. The third-order valence-electron chi connectivity index (χ3n) is 4.63. The van der Waals surface area contributed by atoms with Crippen LogP contribution in [0.2, 0.25) is 0 Å². The van der Waals surface area contributed by atoms with Gasteiger partial charge in [0.05, 0.1) is 10.7 Å². The number of ketones is 1. The number of rotatable bonds is 11. The highest BCUT2D eigenvalue weighted by molar-refractivity contribution is 9.10. The fourth-order valence-corrected chi connectivity index (χ4v) is 3.70. The number of carboxylic acid groups (broad SMARTS) is 1. The molecule has 0 aliphatic heterocycles. The first-order valence-electron chi connectivity index (χ1n) is 10.9. The summed E-state index contributed by atoms with van der Waals surface area (Å²) in [6.45, 7) is 3.59. The van der Waals surface area contributed by atoms with Crippen molar-refractivity contribution in [1.82, 2.24) is 10.6 Å². The maximum atomic E-state index is 12.7. The Morgan fingerprint density at radius 2 is 1.37 bits per heavy atom. The van der Waals surface area contributed by atoms with Gasteiger partial charge in [0.1, 0.15) is 18.7 Å². The number of alkyl halides is 2. The summed E-state index contributed by atoms with van der Waals surface area (Å²) in [4.78, 5) is 46.4. The Labute approximate surface area is 222 Å². The van der Waals surface area contributed by atoms with Crippen molar-refractivity contribution in [2.75, 3.05) is 10.7 Å². The van der Waals surface area contributed by atoms with Gasteiger partial charge in [0, 0.05) is 6.42 Å². The number of hydrogen-bond acceptors (Lipinski definition) is 5. The number of halogens is 2. The van der Waals surface area contributed by atoms with Crippen molar-refractivity contribution < 1.29 is 29.0 Å². The molecule has 0 aliphatic rings. The van der Waals surface area contributed by atoms with Crippen molar-refractivity contribution in [2.45, 2.75) is 39.0 Å². The molecule has 0 aliphatic carbocycles. The predicted molar refractivity (Wildman–Crippen MR) is 141 cm³/mol. The van der Waals surface area contributed by atoms with E-state index in [4.69, 9.17) is 4.74 Å². The van der Waals surface area contributed by atoms with E-state index in [1.165, 1.54) is 0 Å². The average Bonchev–Trinajstić information content (AvgIpc) is 2.86. The third kappa shape index (κ3) is 12.5. The summed E-state index contributed by atoms with van der Waals surface area (Å²) in [5, 5.41) is 15.4. The number of ether oxygens (including phenoxy) is 1. The number of Topliss-reactive ketones (excluding diaryl/α,β-unsaturated/α-hetero) is 1. The number of hydrogen-bond donors (Lipinski definition) is 3. The van der Waals surface area contributed by atoms with Crippen LogP contribution >= 0.6 is 31.9 Å². The second kappa shape index (κ2) is 16.8. The Balaban J connectivity index is 0.000000905. The summed E-state index contributed by atoms with van der Waals surface area (Å²) in [5.41, 5.74) is 1.61. The number of nitrogens with one attached hydrogen (secondary N) is 2. The summed E-state index contributed by atoms with van der Waals surface area (Å²) in [5.74, 6) is -1.79. The van der Waals surface area contributed by atoms with Gasteiger partial charge in [0.2, 0.25) is 5.91 Å². The first-order chi connectivity index (χ1) is 16.7. The first-order valence-corrected chi connectivity index (χ1v) is 13.1. The van der Waals surface area contributed by atoms with Crippen LogP contribution in [0.1, 0.15) is 25.0 Å². The van der Waals surface area contributed by atoms with Crippen LogP contribution in [0.3, 0.4) is 0 Å². The summed E-state index contributed by atoms with van der Waals surface area (Å²) >= 11 is 5.99. The zero-order chi connectivity index (χ0) is 26.2. The fraction of sp³-hybridized carbons (Fsp3) is 0.360. The number of amides is 2. The number of aliphatic carboxylic acids is 1. The van der Waals surface area contributed by atoms with Crippen molar-refractivity contribution in [3.8, 4) is 0 Å². The second-order valence-corrected chi connectivity index (χ2v) is 8.94. The lowest BCUT2D eigenvalue weighted by atomic mass is 10.0. The van der Waals surface area contributed by atoms with E-state index in [0.717, 1.165) is 11.1 Å². The van der Waals surface area contributed by atoms with Crippen LogP contribution < -0.4 is 10.6 Å². The highest BCUT2D eigenvalue weighted by Crippen LogP contribution is 2.08. The molecule has 35 heavy (non-hydrogen) atoms. The monoisotopic (exact) mass is 612 g/mol. The van der Waals surface area contributed by atoms with Crippen molar-refractivity contribution in [3.05, 3.63) is 71.8 Å². The molecule has 3 N–H and O–H groups in total. The Morgan fingerprint density at radius 1 is 0.857 bits per heavy atom. The molecule has 8 nitrogen and oxygen atoms in total. The van der Waals surface area contributed by atoms with Gasteiger partial charge < -0.3 is 20.5 Å². The molecule has 0 heterocycles. The highest BCUT2D eigenvalue weighted by Gasteiger charge is 2.29. The molecular formula is C25H30Br2N2O6. The normalized spacial score (nSPS) is 11.9. The first kappa shape index (κ1) is 30.3. The average molecular weight is 614 g/mol. The summed E-state index contributed by atoms with van der Waals surface area (Å²) in [7, 11) is 0. The topological polar surface area (TPSA) is 122 Å². The molecule has 2 amide bonds. The number of benzene rings is 2. The van der Waals surface area contributed by atoms with E-state index < -0.39 is 30.1 Å². The molecule has 0 saturated carbocycles. The fourth-order valence-electron chi connectivity index (χ4n) is 2.77. The molecule has 0 fully saturated rings. The minimum atomic E-state index is -1.14. The number of carbonyl (C=O) groups is 4. The van der Waals surface area contributed by atoms with Gasteiger partial charge in [-0.25, -0.2) is 9.59 Å². The molecule has 2 rings (SSSR count). The molecular weight excluding hydrogens is 584 g/mol. The summed E-state index contributed by atoms with van der Waals surface area (Å²) < 4.78 is 5.16. The van der Waals surface area contributed by atoms with E-state index in [1.54, 1.807) is 38.1 Å². The molecule has 2 atom stereocenters. The van der Waals surface area contributed by atoms with Gasteiger partial charge >= 0.3 is 12.1 Å². The van der Waals surface area contributed by atoms with Gasteiger partial charge in [-0.15, -0.1) is 0 Å². The number of carbonyl (C=O) groups excluding carboxylic acids is 3.